The fourth-order valence-electron chi connectivity index (χ4n) is 3.45. The zero-order valence-corrected chi connectivity index (χ0v) is 19.4. The maximum atomic E-state index is 11.9. The molecule has 1 aromatic heterocycles. The van der Waals surface area contributed by atoms with Crippen LogP contribution in [0.15, 0.2) is 41.4 Å². The van der Waals surface area contributed by atoms with Crippen molar-refractivity contribution in [3.8, 4) is 0 Å². The first-order valence-electron chi connectivity index (χ1n) is 9.93. The van der Waals surface area contributed by atoms with E-state index in [1.807, 2.05) is 31.2 Å². The highest BCUT2D eigenvalue weighted by molar-refractivity contribution is 14.0. The van der Waals surface area contributed by atoms with Crippen LogP contribution in [0.4, 0.5) is 5.82 Å². The topological polar surface area (TPSA) is 78.8 Å². The molecule has 1 aliphatic rings. The number of pyridine rings is 1. The second-order valence-corrected chi connectivity index (χ2v) is 6.80. The number of anilines is 1. The summed E-state index contributed by atoms with van der Waals surface area (Å²) in [5, 5.41) is 7.87. The summed E-state index contributed by atoms with van der Waals surface area (Å²) in [5.74, 6) is 1.67. The summed E-state index contributed by atoms with van der Waals surface area (Å²) >= 11 is 0. The van der Waals surface area contributed by atoms with E-state index < -0.39 is 0 Å². The number of piperidine rings is 1. The molecule has 2 heterocycles. The molecule has 0 bridgehead atoms. The lowest BCUT2D eigenvalue weighted by Crippen LogP contribution is -2.47. The summed E-state index contributed by atoms with van der Waals surface area (Å²) in [6.45, 7) is 5.38. The Morgan fingerprint density at radius 2 is 1.97 bits per heavy atom. The predicted octanol–water partition coefficient (Wildman–Crippen LogP) is 3.12. The van der Waals surface area contributed by atoms with Gasteiger partial charge in [-0.2, -0.15) is 0 Å². The van der Waals surface area contributed by atoms with Crippen molar-refractivity contribution in [3.63, 3.8) is 0 Å². The lowest BCUT2D eigenvalue weighted by atomic mass is 9.97. The number of fused-ring (bicyclic) bond motifs is 1. The number of nitrogens with zero attached hydrogens (tertiary/aromatic N) is 3. The van der Waals surface area contributed by atoms with E-state index in [9.17, 15) is 4.79 Å². The van der Waals surface area contributed by atoms with E-state index in [0.717, 1.165) is 61.7 Å². The Bertz CT molecular complexity index is 822. The molecule has 3 rings (SSSR count). The van der Waals surface area contributed by atoms with Gasteiger partial charge in [0.15, 0.2) is 5.96 Å². The molecule has 0 amide bonds. The van der Waals surface area contributed by atoms with Crippen LogP contribution in [0.1, 0.15) is 19.8 Å². The number of ether oxygens (including phenoxy) is 1. The highest BCUT2D eigenvalue weighted by atomic mass is 127. The van der Waals surface area contributed by atoms with Gasteiger partial charge in [0.2, 0.25) is 0 Å². The molecule has 0 radical (unpaired) electrons. The summed E-state index contributed by atoms with van der Waals surface area (Å²) in [4.78, 5) is 23.1. The number of para-hydroxylation sites is 1. The largest absolute Gasteiger partial charge is 0.466 e. The molecule has 0 saturated carbocycles. The van der Waals surface area contributed by atoms with Crippen molar-refractivity contribution >= 4 is 52.6 Å². The first-order chi connectivity index (χ1) is 13.7. The number of likely N-dealkylation sites (tertiary alicyclic amines) is 1. The van der Waals surface area contributed by atoms with Crippen molar-refractivity contribution in [2.24, 2.45) is 10.9 Å². The summed E-state index contributed by atoms with van der Waals surface area (Å²) in [6.07, 6.45) is 1.61. The van der Waals surface area contributed by atoms with Crippen LogP contribution in [0.5, 0.6) is 0 Å². The standard InChI is InChI=1S/C21H29N5O2.HI/c1-3-28-20(27)17-10-14-26(15-11-17)21(22-2)24-13-12-23-19-9-8-16-6-4-5-7-18(16)25-19;/h4-9,17H,3,10-15H2,1-2H3,(H,22,24)(H,23,25);1H. The van der Waals surface area contributed by atoms with Gasteiger partial charge in [0.05, 0.1) is 18.0 Å². The van der Waals surface area contributed by atoms with E-state index in [1.54, 1.807) is 7.05 Å². The van der Waals surface area contributed by atoms with Gasteiger partial charge in [0, 0.05) is 38.6 Å². The number of aliphatic imine (C=N–C) groups is 1. The molecule has 2 aromatic rings. The smallest absolute Gasteiger partial charge is 0.309 e. The maximum Gasteiger partial charge on any atom is 0.309 e. The van der Waals surface area contributed by atoms with Gasteiger partial charge in [-0.25, -0.2) is 4.98 Å². The monoisotopic (exact) mass is 511 g/mol. The van der Waals surface area contributed by atoms with Crippen LogP contribution >= 0.6 is 24.0 Å². The average molecular weight is 511 g/mol. The average Bonchev–Trinajstić information content (AvgIpc) is 2.74. The van der Waals surface area contributed by atoms with Crippen LogP contribution in [0.3, 0.4) is 0 Å². The van der Waals surface area contributed by atoms with Crippen LogP contribution < -0.4 is 10.6 Å². The predicted molar refractivity (Wildman–Crippen MR) is 128 cm³/mol. The van der Waals surface area contributed by atoms with Crippen molar-refractivity contribution in [1.29, 1.82) is 0 Å². The van der Waals surface area contributed by atoms with Gasteiger partial charge in [-0.05, 0) is 38.0 Å². The number of benzene rings is 1. The SMILES string of the molecule is CCOC(=O)C1CCN(C(=NC)NCCNc2ccc3ccccc3n2)CC1.I. The van der Waals surface area contributed by atoms with Gasteiger partial charge in [-0.15, -0.1) is 24.0 Å². The second kappa shape index (κ2) is 11.8. The molecule has 2 N–H and O–H groups in total. The molecule has 0 aliphatic carbocycles. The normalized spacial score (nSPS) is 15.0. The van der Waals surface area contributed by atoms with Crippen molar-refractivity contribution < 1.29 is 9.53 Å². The second-order valence-electron chi connectivity index (χ2n) is 6.80. The van der Waals surface area contributed by atoms with Crippen LogP contribution in [0.2, 0.25) is 0 Å². The minimum absolute atomic E-state index is 0. The van der Waals surface area contributed by atoms with E-state index >= 15 is 0 Å². The van der Waals surface area contributed by atoms with Crippen LogP contribution in [-0.2, 0) is 9.53 Å². The van der Waals surface area contributed by atoms with E-state index in [-0.39, 0.29) is 35.9 Å². The third kappa shape index (κ3) is 6.45. The minimum atomic E-state index is -0.0721. The molecular formula is C21H30IN5O2. The molecule has 0 spiro atoms. The highest BCUT2D eigenvalue weighted by Crippen LogP contribution is 2.18. The third-order valence-electron chi connectivity index (χ3n) is 4.94. The number of hydrogen-bond acceptors (Lipinski definition) is 5. The molecule has 0 atom stereocenters. The molecule has 1 aliphatic heterocycles. The van der Waals surface area contributed by atoms with Gasteiger partial charge in [-0.1, -0.05) is 18.2 Å². The zero-order valence-electron chi connectivity index (χ0n) is 17.1. The van der Waals surface area contributed by atoms with E-state index in [0.29, 0.717) is 6.61 Å². The summed E-state index contributed by atoms with van der Waals surface area (Å²) in [7, 11) is 1.79. The van der Waals surface area contributed by atoms with Gasteiger partial charge in [0.1, 0.15) is 5.82 Å². The molecule has 1 aromatic carbocycles. The van der Waals surface area contributed by atoms with E-state index in [2.05, 4.69) is 37.6 Å². The Balaban J connectivity index is 0.00000300. The lowest BCUT2D eigenvalue weighted by Gasteiger charge is -2.33. The van der Waals surface area contributed by atoms with Gasteiger partial charge < -0.3 is 20.3 Å². The molecule has 158 valence electrons. The fraction of sp³-hybridized carbons (Fsp3) is 0.476. The van der Waals surface area contributed by atoms with Crippen molar-refractivity contribution in [1.82, 2.24) is 15.2 Å². The Kier molecular flexibility index (Phi) is 9.43. The van der Waals surface area contributed by atoms with E-state index in [1.165, 1.54) is 0 Å². The van der Waals surface area contributed by atoms with Crippen LogP contribution in [0, 0.1) is 5.92 Å². The Morgan fingerprint density at radius 3 is 2.69 bits per heavy atom. The number of halogens is 1. The summed E-state index contributed by atoms with van der Waals surface area (Å²) < 4.78 is 5.13. The number of aromatic nitrogens is 1. The molecule has 0 unspecified atom stereocenters. The van der Waals surface area contributed by atoms with Gasteiger partial charge in [-0.3, -0.25) is 9.79 Å². The molecule has 7 nitrogen and oxygen atoms in total. The number of guanidine groups is 1. The molecule has 1 saturated heterocycles. The number of carbonyl (C=O) groups excluding carboxylic acids is 1. The van der Waals surface area contributed by atoms with Gasteiger partial charge >= 0.3 is 5.97 Å². The minimum Gasteiger partial charge on any atom is -0.466 e. The Labute approximate surface area is 189 Å². The number of nitrogens with one attached hydrogen (secondary N) is 2. The summed E-state index contributed by atoms with van der Waals surface area (Å²) in [6, 6.07) is 12.2. The first-order valence-corrected chi connectivity index (χ1v) is 9.93. The maximum absolute atomic E-state index is 11.9. The van der Waals surface area contributed by atoms with Crippen molar-refractivity contribution in [3.05, 3.63) is 36.4 Å². The highest BCUT2D eigenvalue weighted by Gasteiger charge is 2.27. The summed E-state index contributed by atoms with van der Waals surface area (Å²) in [5.41, 5.74) is 0.987. The molecular weight excluding hydrogens is 481 g/mol. The fourth-order valence-corrected chi connectivity index (χ4v) is 3.45. The Hall–Kier alpha value is -2.10. The number of hydrogen-bond donors (Lipinski definition) is 2. The number of carbonyl (C=O) groups is 1. The first kappa shape index (κ1) is 23.2. The van der Waals surface area contributed by atoms with Crippen molar-refractivity contribution in [2.45, 2.75) is 19.8 Å². The molecule has 1 fully saturated rings. The number of rotatable bonds is 6. The third-order valence-corrected chi connectivity index (χ3v) is 4.94. The molecule has 8 heteroatoms. The van der Waals surface area contributed by atoms with Crippen LogP contribution in [-0.4, -0.2) is 61.6 Å². The van der Waals surface area contributed by atoms with Crippen molar-refractivity contribution in [2.75, 3.05) is 45.2 Å². The van der Waals surface area contributed by atoms with E-state index in [4.69, 9.17) is 4.74 Å². The van der Waals surface area contributed by atoms with Gasteiger partial charge in [0.25, 0.3) is 0 Å². The number of esters is 1. The molecule has 29 heavy (non-hydrogen) atoms. The Morgan fingerprint density at radius 1 is 1.21 bits per heavy atom. The quantitative estimate of drug-likeness (QED) is 0.204. The zero-order chi connectivity index (χ0) is 19.8. The lowest BCUT2D eigenvalue weighted by molar-refractivity contribution is -0.149. The van der Waals surface area contributed by atoms with Crippen LogP contribution in [0.25, 0.3) is 10.9 Å².